The summed E-state index contributed by atoms with van der Waals surface area (Å²) in [5, 5.41) is 9.58. The van der Waals surface area contributed by atoms with E-state index in [1.54, 1.807) is 0 Å². The molecule has 1 aliphatic rings. The maximum absolute atomic E-state index is 14.2. The summed E-state index contributed by atoms with van der Waals surface area (Å²) in [6, 6.07) is 19.5. The number of thioether (sulfide) groups is 1. The third-order valence-electron chi connectivity index (χ3n) is 3.95. The Hall–Kier alpha value is -1.40. The van der Waals surface area contributed by atoms with Crippen LogP contribution in [0.4, 0.5) is 4.39 Å². The number of alkyl halides is 1. The number of hydrogen-bond acceptors (Lipinski definition) is 4. The number of benzene rings is 2. The van der Waals surface area contributed by atoms with Crippen LogP contribution in [-0.4, -0.2) is 34.7 Å². The fourth-order valence-corrected chi connectivity index (χ4v) is 3.89. The van der Waals surface area contributed by atoms with E-state index in [-0.39, 0.29) is 5.25 Å². The third kappa shape index (κ3) is 4.57. The van der Waals surface area contributed by atoms with Crippen molar-refractivity contribution in [2.45, 2.75) is 36.2 Å². The Balaban J connectivity index is 1.52. The second-order valence-electron chi connectivity index (χ2n) is 5.77. The standard InChI is InChI=1S/C19H21FO3S/c20-17-18(23-12-15-9-5-2-6-10-15)16(24-19(17)21)13-22-11-14-7-3-1-4-8-14/h1-10,16-19,21H,11-13H2/t16-,17+,18+,19-/m0/s1. The Morgan fingerprint density at radius 1 is 0.917 bits per heavy atom. The molecule has 2 aromatic carbocycles. The van der Waals surface area contributed by atoms with Crippen LogP contribution in [0.25, 0.3) is 0 Å². The first-order chi connectivity index (χ1) is 11.7. The Morgan fingerprint density at radius 3 is 2.12 bits per heavy atom. The summed E-state index contributed by atoms with van der Waals surface area (Å²) >= 11 is 1.18. The first kappa shape index (κ1) is 17.4. The van der Waals surface area contributed by atoms with E-state index < -0.39 is 17.7 Å². The van der Waals surface area contributed by atoms with Crippen molar-refractivity contribution in [1.82, 2.24) is 0 Å². The van der Waals surface area contributed by atoms with Gasteiger partial charge in [-0.1, -0.05) is 60.7 Å². The SMILES string of the molecule is O[C@H]1S[C@@H](COCc2ccccc2)[C@@H](OCc2ccccc2)[C@H]1F. The molecular formula is C19H21FO3S. The van der Waals surface area contributed by atoms with Crippen molar-refractivity contribution < 1.29 is 19.0 Å². The minimum Gasteiger partial charge on any atom is -0.379 e. The van der Waals surface area contributed by atoms with Crippen molar-refractivity contribution >= 4 is 11.8 Å². The van der Waals surface area contributed by atoms with Crippen molar-refractivity contribution in [3.05, 3.63) is 71.8 Å². The summed E-state index contributed by atoms with van der Waals surface area (Å²) in [4.78, 5) is 0. The second-order valence-corrected chi connectivity index (χ2v) is 7.13. The lowest BCUT2D eigenvalue weighted by Crippen LogP contribution is -2.34. The molecule has 0 aliphatic carbocycles. The molecule has 0 saturated carbocycles. The van der Waals surface area contributed by atoms with Gasteiger partial charge in [0.25, 0.3) is 0 Å². The van der Waals surface area contributed by atoms with Crippen LogP contribution in [0.5, 0.6) is 0 Å². The van der Waals surface area contributed by atoms with E-state index in [4.69, 9.17) is 9.47 Å². The van der Waals surface area contributed by atoms with Gasteiger partial charge in [0.2, 0.25) is 0 Å². The van der Waals surface area contributed by atoms with Gasteiger partial charge in [0.05, 0.1) is 25.1 Å². The van der Waals surface area contributed by atoms with E-state index in [2.05, 4.69) is 0 Å². The fourth-order valence-electron chi connectivity index (χ4n) is 2.67. The minimum absolute atomic E-state index is 0.220. The summed E-state index contributed by atoms with van der Waals surface area (Å²) < 4.78 is 25.7. The molecule has 0 aromatic heterocycles. The Kier molecular flexibility index (Phi) is 6.26. The quantitative estimate of drug-likeness (QED) is 0.830. The van der Waals surface area contributed by atoms with Crippen molar-refractivity contribution in [3.8, 4) is 0 Å². The maximum Gasteiger partial charge on any atom is 0.162 e. The van der Waals surface area contributed by atoms with Crippen LogP contribution >= 0.6 is 11.8 Å². The summed E-state index contributed by atoms with van der Waals surface area (Å²) in [7, 11) is 0. The summed E-state index contributed by atoms with van der Waals surface area (Å²) in [5.41, 5.74) is 0.996. The Bertz CT molecular complexity index is 611. The normalized spacial score (nSPS) is 26.6. The lowest BCUT2D eigenvalue weighted by atomic mass is 10.1. The Morgan fingerprint density at radius 2 is 1.50 bits per heavy atom. The van der Waals surface area contributed by atoms with Gasteiger partial charge in [0.1, 0.15) is 11.5 Å². The highest BCUT2D eigenvalue weighted by Gasteiger charge is 2.44. The first-order valence-electron chi connectivity index (χ1n) is 7.99. The van der Waals surface area contributed by atoms with Gasteiger partial charge in [-0.05, 0) is 11.1 Å². The van der Waals surface area contributed by atoms with E-state index in [1.165, 1.54) is 11.8 Å². The molecule has 4 atom stereocenters. The van der Waals surface area contributed by atoms with Gasteiger partial charge in [0.15, 0.2) is 6.17 Å². The van der Waals surface area contributed by atoms with Gasteiger partial charge in [0, 0.05) is 0 Å². The first-order valence-corrected chi connectivity index (χ1v) is 8.93. The zero-order valence-corrected chi connectivity index (χ0v) is 14.1. The van der Waals surface area contributed by atoms with Gasteiger partial charge in [-0.15, -0.1) is 11.8 Å². The molecule has 3 nitrogen and oxygen atoms in total. The third-order valence-corrected chi connectivity index (χ3v) is 5.24. The van der Waals surface area contributed by atoms with E-state index >= 15 is 0 Å². The molecule has 1 saturated heterocycles. The van der Waals surface area contributed by atoms with Crippen molar-refractivity contribution in [3.63, 3.8) is 0 Å². The fraction of sp³-hybridized carbons (Fsp3) is 0.368. The predicted molar refractivity (Wildman–Crippen MR) is 93.4 cm³/mol. The van der Waals surface area contributed by atoms with E-state index in [0.717, 1.165) is 11.1 Å². The molecular weight excluding hydrogens is 327 g/mol. The number of rotatable bonds is 7. The molecule has 0 unspecified atom stereocenters. The molecule has 24 heavy (non-hydrogen) atoms. The van der Waals surface area contributed by atoms with Gasteiger partial charge in [-0.3, -0.25) is 0 Å². The molecule has 128 valence electrons. The highest BCUT2D eigenvalue weighted by Crippen LogP contribution is 2.37. The molecule has 1 aliphatic heterocycles. The molecule has 0 spiro atoms. The molecule has 3 rings (SSSR count). The van der Waals surface area contributed by atoms with Gasteiger partial charge < -0.3 is 14.6 Å². The van der Waals surface area contributed by atoms with Crippen LogP contribution in [0.1, 0.15) is 11.1 Å². The number of aliphatic hydroxyl groups excluding tert-OH is 1. The summed E-state index contributed by atoms with van der Waals surface area (Å²) in [6.07, 6.45) is -2.06. The van der Waals surface area contributed by atoms with E-state index in [0.29, 0.717) is 19.8 Å². The van der Waals surface area contributed by atoms with Crippen LogP contribution in [0.2, 0.25) is 0 Å². The molecule has 5 heteroatoms. The van der Waals surface area contributed by atoms with Crippen LogP contribution in [0, 0.1) is 0 Å². The van der Waals surface area contributed by atoms with Gasteiger partial charge in [-0.25, -0.2) is 4.39 Å². The van der Waals surface area contributed by atoms with Crippen molar-refractivity contribution in [1.29, 1.82) is 0 Å². The predicted octanol–water partition coefficient (Wildman–Crippen LogP) is 3.56. The van der Waals surface area contributed by atoms with Crippen molar-refractivity contribution in [2.24, 2.45) is 0 Å². The lowest BCUT2D eigenvalue weighted by molar-refractivity contribution is -0.0386. The lowest BCUT2D eigenvalue weighted by Gasteiger charge is -2.20. The van der Waals surface area contributed by atoms with Gasteiger partial charge in [-0.2, -0.15) is 0 Å². The smallest absolute Gasteiger partial charge is 0.162 e. The summed E-state index contributed by atoms with van der Waals surface area (Å²) in [5.74, 6) is 0. The molecule has 1 fully saturated rings. The zero-order valence-electron chi connectivity index (χ0n) is 13.3. The molecule has 0 bridgehead atoms. The van der Waals surface area contributed by atoms with Crippen LogP contribution in [0.15, 0.2) is 60.7 Å². The Labute approximate surface area is 145 Å². The largest absolute Gasteiger partial charge is 0.379 e. The average Bonchev–Trinajstić information content (AvgIpc) is 2.89. The van der Waals surface area contributed by atoms with E-state index in [9.17, 15) is 9.50 Å². The van der Waals surface area contributed by atoms with Gasteiger partial charge >= 0.3 is 0 Å². The highest BCUT2D eigenvalue weighted by molar-refractivity contribution is 8.00. The van der Waals surface area contributed by atoms with Crippen LogP contribution in [-0.2, 0) is 22.7 Å². The molecule has 0 amide bonds. The number of hydrogen-bond donors (Lipinski definition) is 1. The van der Waals surface area contributed by atoms with Crippen LogP contribution in [0.3, 0.4) is 0 Å². The topological polar surface area (TPSA) is 38.7 Å². The number of ether oxygens (including phenoxy) is 2. The molecule has 2 aromatic rings. The van der Waals surface area contributed by atoms with Crippen molar-refractivity contribution in [2.75, 3.05) is 6.61 Å². The molecule has 0 radical (unpaired) electrons. The minimum atomic E-state index is -1.40. The number of halogens is 1. The zero-order chi connectivity index (χ0) is 16.8. The molecule has 1 heterocycles. The summed E-state index contributed by atoms with van der Waals surface area (Å²) in [6.45, 7) is 1.14. The van der Waals surface area contributed by atoms with E-state index in [1.807, 2.05) is 60.7 Å². The average molecular weight is 348 g/mol. The monoisotopic (exact) mass is 348 g/mol. The molecule has 1 N–H and O–H groups in total. The van der Waals surface area contributed by atoms with Crippen LogP contribution < -0.4 is 0 Å². The highest BCUT2D eigenvalue weighted by atomic mass is 32.2. The second kappa shape index (κ2) is 8.62. The number of aliphatic hydroxyl groups is 1. The maximum atomic E-state index is 14.2.